The van der Waals surface area contributed by atoms with Crippen LogP contribution in [0.15, 0.2) is 6.07 Å². The maximum atomic E-state index is 13.6. The highest BCUT2D eigenvalue weighted by atomic mass is 19.1. The van der Waals surface area contributed by atoms with Gasteiger partial charge in [0.15, 0.2) is 11.5 Å². The summed E-state index contributed by atoms with van der Waals surface area (Å²) in [6.45, 7) is 1.84. The SMILES string of the molecule is COc1c(C(O)CCN)cc(C)c(O)c1F. The van der Waals surface area contributed by atoms with Crippen LogP contribution in [0.5, 0.6) is 11.5 Å². The van der Waals surface area contributed by atoms with Crippen molar-refractivity contribution in [3.8, 4) is 11.5 Å². The highest BCUT2D eigenvalue weighted by Crippen LogP contribution is 2.36. The Bertz CT molecular complexity index is 382. The molecule has 0 spiro atoms. The monoisotopic (exact) mass is 229 g/mol. The van der Waals surface area contributed by atoms with Crippen LogP contribution in [-0.4, -0.2) is 23.9 Å². The van der Waals surface area contributed by atoms with Crippen molar-refractivity contribution in [1.82, 2.24) is 0 Å². The van der Waals surface area contributed by atoms with Gasteiger partial charge in [0.1, 0.15) is 0 Å². The topological polar surface area (TPSA) is 75.7 Å². The van der Waals surface area contributed by atoms with Gasteiger partial charge < -0.3 is 20.7 Å². The number of halogens is 1. The summed E-state index contributed by atoms with van der Waals surface area (Å²) in [5.74, 6) is -1.45. The van der Waals surface area contributed by atoms with Crippen molar-refractivity contribution in [2.75, 3.05) is 13.7 Å². The van der Waals surface area contributed by atoms with Crippen LogP contribution in [0.3, 0.4) is 0 Å². The number of nitrogens with two attached hydrogens (primary N) is 1. The smallest absolute Gasteiger partial charge is 0.207 e. The van der Waals surface area contributed by atoms with E-state index in [1.165, 1.54) is 13.2 Å². The van der Waals surface area contributed by atoms with Crippen molar-refractivity contribution in [1.29, 1.82) is 0 Å². The van der Waals surface area contributed by atoms with Gasteiger partial charge in [-0.25, -0.2) is 0 Å². The molecule has 16 heavy (non-hydrogen) atoms. The van der Waals surface area contributed by atoms with Gasteiger partial charge in [-0.15, -0.1) is 0 Å². The molecular formula is C11H16FNO3. The Morgan fingerprint density at radius 1 is 1.56 bits per heavy atom. The van der Waals surface area contributed by atoms with E-state index in [2.05, 4.69) is 0 Å². The van der Waals surface area contributed by atoms with E-state index in [0.29, 0.717) is 17.5 Å². The van der Waals surface area contributed by atoms with E-state index in [1.807, 2.05) is 0 Å². The number of hydrogen-bond acceptors (Lipinski definition) is 4. The quantitative estimate of drug-likeness (QED) is 0.725. The van der Waals surface area contributed by atoms with Crippen LogP contribution in [0.25, 0.3) is 0 Å². The normalized spacial score (nSPS) is 12.6. The van der Waals surface area contributed by atoms with Gasteiger partial charge in [-0.3, -0.25) is 0 Å². The lowest BCUT2D eigenvalue weighted by Gasteiger charge is -2.16. The molecule has 1 aromatic carbocycles. The van der Waals surface area contributed by atoms with E-state index in [1.54, 1.807) is 6.92 Å². The Morgan fingerprint density at radius 3 is 2.69 bits per heavy atom. The molecule has 4 N–H and O–H groups in total. The van der Waals surface area contributed by atoms with Gasteiger partial charge in [0.05, 0.1) is 13.2 Å². The zero-order valence-electron chi connectivity index (χ0n) is 9.33. The number of rotatable bonds is 4. The fraction of sp³-hybridized carbons (Fsp3) is 0.455. The largest absolute Gasteiger partial charge is 0.505 e. The Balaban J connectivity index is 3.27. The van der Waals surface area contributed by atoms with Crippen molar-refractivity contribution < 1.29 is 19.3 Å². The van der Waals surface area contributed by atoms with Crippen LogP contribution < -0.4 is 10.5 Å². The number of phenols is 1. The molecule has 0 radical (unpaired) electrons. The van der Waals surface area contributed by atoms with Gasteiger partial charge in [-0.2, -0.15) is 4.39 Å². The Hall–Kier alpha value is -1.33. The molecule has 4 nitrogen and oxygen atoms in total. The third-order valence-corrected chi connectivity index (χ3v) is 2.42. The number of hydrogen-bond donors (Lipinski definition) is 3. The van der Waals surface area contributed by atoms with Gasteiger partial charge in [-0.05, 0) is 31.5 Å². The summed E-state index contributed by atoms with van der Waals surface area (Å²) in [6, 6.07) is 1.50. The average Bonchev–Trinajstić information content (AvgIpc) is 2.26. The second-order valence-electron chi connectivity index (χ2n) is 3.57. The highest BCUT2D eigenvalue weighted by molar-refractivity contribution is 5.48. The van der Waals surface area contributed by atoms with E-state index >= 15 is 0 Å². The first-order valence-corrected chi connectivity index (χ1v) is 4.97. The van der Waals surface area contributed by atoms with Crippen molar-refractivity contribution in [3.05, 3.63) is 23.0 Å². The highest BCUT2D eigenvalue weighted by Gasteiger charge is 2.21. The Morgan fingerprint density at radius 2 is 2.19 bits per heavy atom. The molecule has 0 aliphatic rings. The van der Waals surface area contributed by atoms with E-state index in [0.717, 1.165) is 0 Å². The number of aryl methyl sites for hydroxylation is 1. The number of aromatic hydroxyl groups is 1. The number of ether oxygens (including phenoxy) is 1. The third-order valence-electron chi connectivity index (χ3n) is 2.42. The predicted octanol–water partition coefficient (Wildman–Crippen LogP) is 1.23. The van der Waals surface area contributed by atoms with Crippen LogP contribution in [0, 0.1) is 12.7 Å². The first kappa shape index (κ1) is 12.7. The maximum Gasteiger partial charge on any atom is 0.207 e. The predicted molar refractivity (Wildman–Crippen MR) is 58.0 cm³/mol. The summed E-state index contributed by atoms with van der Waals surface area (Å²) in [7, 11) is 1.28. The van der Waals surface area contributed by atoms with Crippen LogP contribution in [-0.2, 0) is 0 Å². The van der Waals surface area contributed by atoms with Crippen LogP contribution in [0.2, 0.25) is 0 Å². The zero-order valence-corrected chi connectivity index (χ0v) is 9.33. The fourth-order valence-electron chi connectivity index (χ4n) is 1.54. The first-order valence-electron chi connectivity index (χ1n) is 4.97. The molecule has 90 valence electrons. The molecule has 0 aromatic heterocycles. The lowest BCUT2D eigenvalue weighted by atomic mass is 10.0. The summed E-state index contributed by atoms with van der Waals surface area (Å²) in [5.41, 5.74) is 5.98. The number of benzene rings is 1. The Labute approximate surface area is 93.5 Å². The van der Waals surface area contributed by atoms with Gasteiger partial charge >= 0.3 is 0 Å². The van der Waals surface area contributed by atoms with Gasteiger partial charge in [-0.1, -0.05) is 0 Å². The maximum absolute atomic E-state index is 13.6. The lowest BCUT2D eigenvalue weighted by molar-refractivity contribution is 0.164. The number of phenolic OH excluding ortho intramolecular Hbond substituents is 1. The molecule has 0 fully saturated rings. The van der Waals surface area contributed by atoms with E-state index < -0.39 is 17.7 Å². The van der Waals surface area contributed by atoms with Crippen LogP contribution in [0.1, 0.15) is 23.7 Å². The van der Waals surface area contributed by atoms with E-state index in [-0.39, 0.29) is 12.3 Å². The molecule has 5 heteroatoms. The summed E-state index contributed by atoms with van der Waals surface area (Å²) in [5, 5.41) is 19.2. The third kappa shape index (κ3) is 2.25. The summed E-state index contributed by atoms with van der Waals surface area (Å²) in [4.78, 5) is 0. The average molecular weight is 229 g/mol. The first-order chi connectivity index (χ1) is 7.52. The molecule has 0 saturated carbocycles. The van der Waals surface area contributed by atoms with Gasteiger partial charge in [0, 0.05) is 5.56 Å². The molecule has 1 unspecified atom stereocenters. The number of aliphatic hydroxyl groups is 1. The minimum atomic E-state index is -0.895. The molecular weight excluding hydrogens is 213 g/mol. The van der Waals surface area contributed by atoms with E-state index in [9.17, 15) is 14.6 Å². The molecule has 0 saturated heterocycles. The summed E-state index contributed by atoms with van der Waals surface area (Å²) < 4.78 is 18.5. The van der Waals surface area contributed by atoms with Crippen molar-refractivity contribution in [2.24, 2.45) is 5.73 Å². The van der Waals surface area contributed by atoms with Gasteiger partial charge in [0.25, 0.3) is 0 Å². The fourth-order valence-corrected chi connectivity index (χ4v) is 1.54. The molecule has 1 atom stereocenters. The molecule has 0 heterocycles. The molecule has 0 amide bonds. The second-order valence-corrected chi connectivity index (χ2v) is 3.57. The zero-order chi connectivity index (χ0) is 12.3. The van der Waals surface area contributed by atoms with Crippen LogP contribution in [0.4, 0.5) is 4.39 Å². The molecule has 1 aromatic rings. The molecule has 1 rings (SSSR count). The molecule has 0 aliphatic carbocycles. The number of methoxy groups -OCH3 is 1. The Kier molecular flexibility index (Phi) is 4.09. The second kappa shape index (κ2) is 5.14. The number of aliphatic hydroxyl groups excluding tert-OH is 1. The molecule has 0 aliphatic heterocycles. The summed E-state index contributed by atoms with van der Waals surface area (Å²) in [6.07, 6.45) is -0.589. The van der Waals surface area contributed by atoms with Gasteiger partial charge in [0.2, 0.25) is 5.82 Å². The standard InChI is InChI=1S/C11H16FNO3/c1-6-5-7(8(14)3-4-13)11(16-2)9(12)10(6)15/h5,8,14-15H,3-4,13H2,1-2H3. The van der Waals surface area contributed by atoms with Crippen molar-refractivity contribution in [3.63, 3.8) is 0 Å². The minimum Gasteiger partial charge on any atom is -0.505 e. The minimum absolute atomic E-state index is 0.135. The van der Waals surface area contributed by atoms with Crippen LogP contribution >= 0.6 is 0 Å². The summed E-state index contributed by atoms with van der Waals surface area (Å²) >= 11 is 0. The van der Waals surface area contributed by atoms with E-state index in [4.69, 9.17) is 10.5 Å². The lowest BCUT2D eigenvalue weighted by Crippen LogP contribution is -2.09. The molecule has 0 bridgehead atoms. The van der Waals surface area contributed by atoms with Crippen molar-refractivity contribution in [2.45, 2.75) is 19.4 Å². The van der Waals surface area contributed by atoms with Crippen molar-refractivity contribution >= 4 is 0 Å².